The Morgan fingerprint density at radius 2 is 2.21 bits per heavy atom. The van der Waals surface area contributed by atoms with Gasteiger partial charge in [0, 0.05) is 24.2 Å². The summed E-state index contributed by atoms with van der Waals surface area (Å²) in [5.74, 6) is 0.995. The molecule has 0 unspecified atom stereocenters. The second-order valence-electron chi connectivity index (χ2n) is 5.10. The van der Waals surface area contributed by atoms with Gasteiger partial charge in [0.05, 0.1) is 12.0 Å². The highest BCUT2D eigenvalue weighted by atomic mass is 16.5. The van der Waals surface area contributed by atoms with Crippen LogP contribution >= 0.6 is 0 Å². The number of Topliss-reactive ketones (excluding diaryl/α,β-unsaturated/α-hetero) is 1. The number of benzene rings is 1. The standard InChI is InChI=1S/C16H18O3/c1-3-18-15-9-13-11-6-4-5-7-14(11)19-16(13)8-12(15)10(2)17/h4-7,9,12,15-16H,3,8H2,1-2H3/t12-,15-,16-/m1/s1. The summed E-state index contributed by atoms with van der Waals surface area (Å²) in [6.07, 6.45) is 2.67. The molecule has 0 saturated carbocycles. The monoisotopic (exact) mass is 258 g/mol. The first-order chi connectivity index (χ1) is 9.20. The van der Waals surface area contributed by atoms with Crippen molar-refractivity contribution in [2.24, 2.45) is 5.92 Å². The molecule has 1 heterocycles. The lowest BCUT2D eigenvalue weighted by Gasteiger charge is -2.30. The van der Waals surface area contributed by atoms with E-state index in [1.54, 1.807) is 6.92 Å². The summed E-state index contributed by atoms with van der Waals surface area (Å²) >= 11 is 0. The number of hydrogen-bond acceptors (Lipinski definition) is 3. The predicted octanol–water partition coefficient (Wildman–Crippen LogP) is 2.85. The molecular formula is C16H18O3. The Morgan fingerprint density at radius 1 is 1.42 bits per heavy atom. The smallest absolute Gasteiger partial charge is 0.135 e. The van der Waals surface area contributed by atoms with Crippen molar-refractivity contribution < 1.29 is 14.3 Å². The zero-order valence-corrected chi connectivity index (χ0v) is 11.3. The van der Waals surface area contributed by atoms with Gasteiger partial charge in [0.1, 0.15) is 17.6 Å². The summed E-state index contributed by atoms with van der Waals surface area (Å²) in [7, 11) is 0. The zero-order valence-electron chi connectivity index (χ0n) is 11.3. The molecule has 0 radical (unpaired) electrons. The maximum absolute atomic E-state index is 11.8. The molecule has 0 N–H and O–H groups in total. The number of carbonyl (C=O) groups is 1. The van der Waals surface area contributed by atoms with E-state index in [1.165, 1.54) is 5.57 Å². The summed E-state index contributed by atoms with van der Waals surface area (Å²) < 4.78 is 11.7. The average molecular weight is 258 g/mol. The second-order valence-corrected chi connectivity index (χ2v) is 5.10. The Bertz CT molecular complexity index is 533. The third-order valence-electron chi connectivity index (χ3n) is 3.90. The van der Waals surface area contributed by atoms with Crippen LogP contribution in [0.2, 0.25) is 0 Å². The van der Waals surface area contributed by atoms with E-state index < -0.39 is 0 Å². The lowest BCUT2D eigenvalue weighted by Crippen LogP contribution is -2.36. The second kappa shape index (κ2) is 4.82. The molecule has 0 aromatic heterocycles. The Labute approximate surface area is 113 Å². The minimum Gasteiger partial charge on any atom is -0.485 e. The van der Waals surface area contributed by atoms with Gasteiger partial charge in [-0.3, -0.25) is 4.79 Å². The molecule has 0 spiro atoms. The lowest BCUT2D eigenvalue weighted by atomic mass is 9.81. The average Bonchev–Trinajstić information content (AvgIpc) is 2.76. The zero-order chi connectivity index (χ0) is 13.4. The Kier molecular flexibility index (Phi) is 3.15. The third kappa shape index (κ3) is 2.08. The first-order valence-electron chi connectivity index (χ1n) is 6.80. The van der Waals surface area contributed by atoms with E-state index in [9.17, 15) is 4.79 Å². The quantitative estimate of drug-likeness (QED) is 0.836. The van der Waals surface area contributed by atoms with Crippen molar-refractivity contribution in [1.29, 1.82) is 0 Å². The third-order valence-corrected chi connectivity index (χ3v) is 3.90. The Balaban J connectivity index is 1.98. The van der Waals surface area contributed by atoms with E-state index in [1.807, 2.05) is 25.1 Å². The topological polar surface area (TPSA) is 35.5 Å². The van der Waals surface area contributed by atoms with Crippen LogP contribution in [0.15, 0.2) is 30.3 Å². The molecule has 19 heavy (non-hydrogen) atoms. The number of ketones is 1. The molecule has 0 saturated heterocycles. The van der Waals surface area contributed by atoms with Crippen LogP contribution in [0.4, 0.5) is 0 Å². The van der Waals surface area contributed by atoms with E-state index in [4.69, 9.17) is 9.47 Å². The summed E-state index contributed by atoms with van der Waals surface area (Å²) in [4.78, 5) is 11.8. The maximum atomic E-state index is 11.8. The van der Waals surface area contributed by atoms with Crippen LogP contribution in [-0.2, 0) is 9.53 Å². The molecule has 1 aliphatic carbocycles. The van der Waals surface area contributed by atoms with E-state index >= 15 is 0 Å². The van der Waals surface area contributed by atoms with E-state index in [2.05, 4.69) is 12.1 Å². The molecule has 100 valence electrons. The Hall–Kier alpha value is -1.61. The minimum atomic E-state index is -0.122. The highest BCUT2D eigenvalue weighted by Gasteiger charge is 2.39. The number of para-hydroxylation sites is 1. The first kappa shape index (κ1) is 12.4. The summed E-state index contributed by atoms with van der Waals surface area (Å²) in [5, 5.41) is 0. The molecule has 3 heteroatoms. The molecule has 0 bridgehead atoms. The van der Waals surface area contributed by atoms with Gasteiger partial charge in [-0.1, -0.05) is 18.2 Å². The molecule has 1 aromatic rings. The van der Waals surface area contributed by atoms with Crippen molar-refractivity contribution in [3.63, 3.8) is 0 Å². The van der Waals surface area contributed by atoms with Crippen molar-refractivity contribution in [3.05, 3.63) is 35.9 Å². The molecule has 1 aliphatic heterocycles. The highest BCUT2D eigenvalue weighted by Crippen LogP contribution is 2.43. The van der Waals surface area contributed by atoms with Crippen LogP contribution in [-0.4, -0.2) is 24.6 Å². The van der Waals surface area contributed by atoms with Crippen LogP contribution < -0.4 is 4.74 Å². The van der Waals surface area contributed by atoms with Crippen LogP contribution in [0.25, 0.3) is 5.57 Å². The molecule has 3 nitrogen and oxygen atoms in total. The van der Waals surface area contributed by atoms with Gasteiger partial charge in [-0.05, 0) is 26.0 Å². The molecule has 1 aromatic carbocycles. The fourth-order valence-electron chi connectivity index (χ4n) is 2.98. The summed E-state index contributed by atoms with van der Waals surface area (Å²) in [6, 6.07) is 8.03. The molecule has 0 amide bonds. The molecule has 0 fully saturated rings. The SMILES string of the molecule is CCO[C@@H]1C=C2c3ccccc3O[C@@H]2C[C@@H]1C(C)=O. The van der Waals surface area contributed by atoms with Crippen LogP contribution in [0.3, 0.4) is 0 Å². The van der Waals surface area contributed by atoms with E-state index in [0.717, 1.165) is 11.3 Å². The van der Waals surface area contributed by atoms with Crippen molar-refractivity contribution in [2.75, 3.05) is 6.61 Å². The molecule has 3 atom stereocenters. The van der Waals surface area contributed by atoms with Crippen LogP contribution in [0.1, 0.15) is 25.8 Å². The van der Waals surface area contributed by atoms with Gasteiger partial charge in [0.15, 0.2) is 0 Å². The number of carbonyl (C=O) groups excluding carboxylic acids is 1. The van der Waals surface area contributed by atoms with Crippen LogP contribution in [0, 0.1) is 5.92 Å². The van der Waals surface area contributed by atoms with Crippen molar-refractivity contribution in [2.45, 2.75) is 32.5 Å². The predicted molar refractivity (Wildman–Crippen MR) is 73.0 cm³/mol. The van der Waals surface area contributed by atoms with Gasteiger partial charge in [0.25, 0.3) is 0 Å². The first-order valence-corrected chi connectivity index (χ1v) is 6.80. The van der Waals surface area contributed by atoms with E-state index in [0.29, 0.717) is 13.0 Å². The fraction of sp³-hybridized carbons (Fsp3) is 0.438. The van der Waals surface area contributed by atoms with E-state index in [-0.39, 0.29) is 23.9 Å². The molecule has 3 rings (SSSR count). The lowest BCUT2D eigenvalue weighted by molar-refractivity contribution is -0.125. The number of ether oxygens (including phenoxy) is 2. The normalized spacial score (nSPS) is 28.1. The van der Waals surface area contributed by atoms with Gasteiger partial charge in [-0.15, -0.1) is 0 Å². The minimum absolute atomic E-state index is 0.00278. The van der Waals surface area contributed by atoms with Gasteiger partial charge in [-0.2, -0.15) is 0 Å². The van der Waals surface area contributed by atoms with Crippen LogP contribution in [0.5, 0.6) is 5.75 Å². The number of rotatable bonds is 3. The molecule has 2 aliphatic rings. The van der Waals surface area contributed by atoms with Gasteiger partial charge in [-0.25, -0.2) is 0 Å². The van der Waals surface area contributed by atoms with Gasteiger partial charge < -0.3 is 9.47 Å². The number of fused-ring (bicyclic) bond motifs is 3. The van der Waals surface area contributed by atoms with Crippen molar-refractivity contribution >= 4 is 11.4 Å². The maximum Gasteiger partial charge on any atom is 0.135 e. The van der Waals surface area contributed by atoms with Crippen molar-refractivity contribution in [3.8, 4) is 5.75 Å². The van der Waals surface area contributed by atoms with Crippen molar-refractivity contribution in [1.82, 2.24) is 0 Å². The summed E-state index contributed by atoms with van der Waals surface area (Å²) in [6.45, 7) is 4.21. The highest BCUT2D eigenvalue weighted by molar-refractivity contribution is 5.84. The largest absolute Gasteiger partial charge is 0.485 e. The van der Waals surface area contributed by atoms with Gasteiger partial charge in [0.2, 0.25) is 0 Å². The molecular weight excluding hydrogens is 240 g/mol. The fourth-order valence-corrected chi connectivity index (χ4v) is 2.98. The number of hydrogen-bond donors (Lipinski definition) is 0. The Morgan fingerprint density at radius 3 is 2.95 bits per heavy atom. The van der Waals surface area contributed by atoms with Gasteiger partial charge >= 0.3 is 0 Å². The summed E-state index contributed by atoms with van der Waals surface area (Å²) in [5.41, 5.74) is 2.31.